The van der Waals surface area contributed by atoms with Crippen molar-refractivity contribution in [1.82, 2.24) is 4.72 Å². The molecule has 3 aromatic carbocycles. The van der Waals surface area contributed by atoms with Crippen molar-refractivity contribution in [2.75, 3.05) is 0 Å². The van der Waals surface area contributed by atoms with E-state index >= 15 is 0 Å². The average Bonchev–Trinajstić information content (AvgIpc) is 2.72. The Bertz CT molecular complexity index is 1140. The van der Waals surface area contributed by atoms with Crippen LogP contribution in [-0.4, -0.2) is 25.2 Å². The Balaban J connectivity index is 1.94. The summed E-state index contributed by atoms with van der Waals surface area (Å²) in [7, 11) is -4.10. The molecule has 0 bridgehead atoms. The van der Waals surface area contributed by atoms with Crippen LogP contribution in [0.3, 0.4) is 0 Å². The number of hydrogen-bond acceptors (Lipinski definition) is 4. The maximum Gasteiger partial charge on any atom is 0.364 e. The molecule has 0 aliphatic rings. The van der Waals surface area contributed by atoms with E-state index < -0.39 is 21.7 Å². The Kier molecular flexibility index (Phi) is 6.00. The standard InChI is InChI=1S/C22H21NO5S/c1-2-22(21(24)25,23-29(26,27)16-15-17-9-4-3-5-10-17)28-20-14-8-12-18-11-6-7-13-19(18)20/h3-16,23H,2H2,1H3,(H,24,25). The first-order valence-corrected chi connectivity index (χ1v) is 10.6. The lowest BCUT2D eigenvalue weighted by Crippen LogP contribution is -2.57. The molecule has 0 heterocycles. The van der Waals surface area contributed by atoms with E-state index in [2.05, 4.69) is 4.72 Å². The number of carboxylic acid groups (broad SMARTS) is 1. The van der Waals surface area contributed by atoms with Crippen LogP contribution in [0.15, 0.2) is 78.2 Å². The van der Waals surface area contributed by atoms with Gasteiger partial charge in [0.1, 0.15) is 5.75 Å². The van der Waals surface area contributed by atoms with Gasteiger partial charge in [0.2, 0.25) is 10.0 Å². The van der Waals surface area contributed by atoms with Crippen LogP contribution in [0, 0.1) is 0 Å². The van der Waals surface area contributed by atoms with Crippen molar-refractivity contribution in [2.45, 2.75) is 19.1 Å². The van der Waals surface area contributed by atoms with Crippen molar-refractivity contribution in [1.29, 1.82) is 0 Å². The van der Waals surface area contributed by atoms with Gasteiger partial charge in [-0.1, -0.05) is 73.7 Å². The topological polar surface area (TPSA) is 92.7 Å². The highest BCUT2D eigenvalue weighted by molar-refractivity contribution is 7.92. The van der Waals surface area contributed by atoms with Gasteiger partial charge in [-0.05, 0) is 23.1 Å². The molecule has 29 heavy (non-hydrogen) atoms. The predicted molar refractivity (Wildman–Crippen MR) is 113 cm³/mol. The quantitative estimate of drug-likeness (QED) is 0.547. The number of benzene rings is 3. The van der Waals surface area contributed by atoms with Crippen molar-refractivity contribution in [3.8, 4) is 5.75 Å². The van der Waals surface area contributed by atoms with Gasteiger partial charge in [0.15, 0.2) is 0 Å². The Morgan fingerprint density at radius 3 is 2.38 bits per heavy atom. The van der Waals surface area contributed by atoms with E-state index in [0.29, 0.717) is 10.9 Å². The smallest absolute Gasteiger partial charge is 0.364 e. The molecule has 0 aliphatic heterocycles. The van der Waals surface area contributed by atoms with Gasteiger partial charge in [-0.25, -0.2) is 13.2 Å². The molecule has 0 aliphatic carbocycles. The number of hydrogen-bond donors (Lipinski definition) is 2. The van der Waals surface area contributed by atoms with Gasteiger partial charge in [0, 0.05) is 17.2 Å². The SMILES string of the molecule is CCC(NS(=O)(=O)C=Cc1ccccc1)(Oc1cccc2ccccc12)C(=O)O. The molecule has 6 nitrogen and oxygen atoms in total. The Morgan fingerprint density at radius 2 is 1.69 bits per heavy atom. The summed E-state index contributed by atoms with van der Waals surface area (Å²) >= 11 is 0. The van der Waals surface area contributed by atoms with Crippen molar-refractivity contribution < 1.29 is 23.1 Å². The number of nitrogens with one attached hydrogen (secondary N) is 1. The van der Waals surface area contributed by atoms with Crippen LogP contribution in [0.25, 0.3) is 16.8 Å². The summed E-state index contributed by atoms with van der Waals surface area (Å²) in [6.07, 6.45) is 1.27. The molecule has 1 unspecified atom stereocenters. The lowest BCUT2D eigenvalue weighted by molar-refractivity contribution is -0.156. The first-order chi connectivity index (χ1) is 13.9. The molecule has 1 atom stereocenters. The second-order valence-corrected chi connectivity index (χ2v) is 7.99. The second kappa shape index (κ2) is 8.46. The van der Waals surface area contributed by atoms with Gasteiger partial charge >= 0.3 is 5.97 Å². The lowest BCUT2D eigenvalue weighted by Gasteiger charge is -2.29. The molecular weight excluding hydrogens is 390 g/mol. The Morgan fingerprint density at radius 1 is 1.03 bits per heavy atom. The summed E-state index contributed by atoms with van der Waals surface area (Å²) in [5.41, 5.74) is -1.48. The zero-order valence-electron chi connectivity index (χ0n) is 15.8. The number of carboxylic acids is 1. The van der Waals surface area contributed by atoms with E-state index in [1.54, 1.807) is 55.5 Å². The van der Waals surface area contributed by atoms with Crippen LogP contribution in [0.2, 0.25) is 0 Å². The minimum Gasteiger partial charge on any atom is -0.477 e. The van der Waals surface area contributed by atoms with Crippen molar-refractivity contribution in [2.24, 2.45) is 0 Å². The van der Waals surface area contributed by atoms with Gasteiger partial charge < -0.3 is 9.84 Å². The minimum atomic E-state index is -4.10. The van der Waals surface area contributed by atoms with Gasteiger partial charge in [-0.15, -0.1) is 0 Å². The van der Waals surface area contributed by atoms with Crippen LogP contribution in [0.4, 0.5) is 0 Å². The van der Waals surface area contributed by atoms with Crippen LogP contribution >= 0.6 is 0 Å². The molecule has 0 radical (unpaired) electrons. The molecular formula is C22H21NO5S. The number of aliphatic carboxylic acids is 1. The van der Waals surface area contributed by atoms with Crippen molar-refractivity contribution in [3.05, 3.63) is 83.8 Å². The summed E-state index contributed by atoms with van der Waals surface area (Å²) in [5.74, 6) is -1.15. The first-order valence-electron chi connectivity index (χ1n) is 9.02. The highest BCUT2D eigenvalue weighted by Gasteiger charge is 2.43. The molecule has 2 N–H and O–H groups in total. The predicted octanol–water partition coefficient (Wildman–Crippen LogP) is 4.00. The van der Waals surface area contributed by atoms with Crippen LogP contribution in [0.5, 0.6) is 5.75 Å². The highest BCUT2D eigenvalue weighted by Crippen LogP contribution is 2.29. The van der Waals surface area contributed by atoms with E-state index in [1.165, 1.54) is 6.08 Å². The van der Waals surface area contributed by atoms with Crippen LogP contribution in [-0.2, 0) is 14.8 Å². The zero-order valence-corrected chi connectivity index (χ0v) is 16.6. The molecule has 0 saturated carbocycles. The zero-order chi connectivity index (χ0) is 20.9. The first kappa shape index (κ1) is 20.6. The molecule has 0 fully saturated rings. The molecule has 0 saturated heterocycles. The molecule has 0 aromatic heterocycles. The fourth-order valence-electron chi connectivity index (χ4n) is 2.87. The van der Waals surface area contributed by atoms with E-state index in [-0.39, 0.29) is 12.2 Å². The monoisotopic (exact) mass is 411 g/mol. The minimum absolute atomic E-state index is 0.121. The third-order valence-corrected chi connectivity index (χ3v) is 5.53. The van der Waals surface area contributed by atoms with Crippen molar-refractivity contribution >= 4 is 32.8 Å². The summed E-state index contributed by atoms with van der Waals surface area (Å²) in [6.45, 7) is 1.54. The van der Waals surface area contributed by atoms with Crippen molar-refractivity contribution in [3.63, 3.8) is 0 Å². The molecule has 3 aromatic rings. The number of ether oxygens (including phenoxy) is 1. The average molecular weight is 411 g/mol. The van der Waals surface area contributed by atoms with Gasteiger partial charge in [0.25, 0.3) is 5.72 Å². The summed E-state index contributed by atoms with van der Waals surface area (Å²) < 4.78 is 33.2. The molecule has 150 valence electrons. The summed E-state index contributed by atoms with van der Waals surface area (Å²) in [4.78, 5) is 12.1. The van der Waals surface area contributed by atoms with E-state index in [9.17, 15) is 18.3 Å². The number of carbonyl (C=O) groups is 1. The molecule has 0 spiro atoms. The fraction of sp³-hybridized carbons (Fsp3) is 0.136. The molecule has 0 amide bonds. The van der Waals surface area contributed by atoms with Gasteiger partial charge in [-0.2, -0.15) is 4.72 Å². The maximum absolute atomic E-state index is 12.6. The molecule has 3 rings (SSSR count). The third kappa shape index (κ3) is 4.82. The summed E-state index contributed by atoms with van der Waals surface area (Å²) in [5, 5.41) is 12.3. The lowest BCUT2D eigenvalue weighted by atomic mass is 10.1. The normalized spacial score (nSPS) is 14.0. The Labute approximate surface area is 169 Å². The third-order valence-electron chi connectivity index (χ3n) is 4.42. The number of sulfonamides is 1. The van der Waals surface area contributed by atoms with E-state index in [0.717, 1.165) is 10.8 Å². The molecule has 7 heteroatoms. The number of fused-ring (bicyclic) bond motifs is 1. The van der Waals surface area contributed by atoms with Crippen LogP contribution in [0.1, 0.15) is 18.9 Å². The Hall–Kier alpha value is -3.16. The highest BCUT2D eigenvalue weighted by atomic mass is 32.2. The van der Waals surface area contributed by atoms with Gasteiger partial charge in [-0.3, -0.25) is 0 Å². The van der Waals surface area contributed by atoms with Gasteiger partial charge in [0.05, 0.1) is 0 Å². The largest absolute Gasteiger partial charge is 0.477 e. The maximum atomic E-state index is 12.6. The number of rotatable bonds is 8. The van der Waals surface area contributed by atoms with E-state index in [1.807, 2.05) is 24.3 Å². The summed E-state index contributed by atoms with van der Waals surface area (Å²) in [6, 6.07) is 21.4. The van der Waals surface area contributed by atoms with E-state index in [4.69, 9.17) is 4.74 Å². The van der Waals surface area contributed by atoms with Crippen LogP contribution < -0.4 is 9.46 Å². The second-order valence-electron chi connectivity index (χ2n) is 6.43. The fourth-order valence-corrected chi connectivity index (χ4v) is 4.01.